The molecule has 3 heterocycles. The molecule has 13 heteroatoms. The Balaban J connectivity index is 0.951. The number of allylic oxidation sites excluding steroid dienone is 1. The fourth-order valence-electron chi connectivity index (χ4n) is 9.72. The van der Waals surface area contributed by atoms with Crippen LogP contribution in [0.5, 0.6) is 0 Å². The number of likely N-dealkylation sites (tertiary alicyclic amines) is 1. The van der Waals surface area contributed by atoms with Gasteiger partial charge in [0.05, 0.1) is 37.1 Å². The molecule has 4 aliphatic carbocycles. The highest BCUT2D eigenvalue weighted by Crippen LogP contribution is 2.60. The molecule has 0 unspecified atom stereocenters. The standard InChI is InChI=1S/C38H56IN3O9/c1-24(2)8-9-27-35(3,51-27)31-30(48-4)25(12-13-38(31)23-50-38)41-34(47)37-17-14-36(15-18-37,16-19-37)33(46)40-20-6-22-49-32(45)26-7-5-21-42(26)29(44)11-10-28(39)43/h8,25-27,30-31H,5-7,9-23H2,1-4H3,(H,40,46)(H,41,47)/t25-,26-,27-,30-,31-,35+,36?,37?,38+/m1/s1. The first-order valence-corrected chi connectivity index (χ1v) is 20.1. The maximum absolute atomic E-state index is 14.1. The van der Waals surface area contributed by atoms with Crippen LogP contribution in [0.15, 0.2) is 11.6 Å². The van der Waals surface area contributed by atoms with Gasteiger partial charge < -0.3 is 34.5 Å². The van der Waals surface area contributed by atoms with E-state index in [9.17, 15) is 24.0 Å². The van der Waals surface area contributed by atoms with Gasteiger partial charge in [0.2, 0.25) is 17.7 Å². The van der Waals surface area contributed by atoms with Crippen molar-refractivity contribution < 1.29 is 42.9 Å². The number of methoxy groups -OCH3 is 1. The number of amides is 3. The van der Waals surface area contributed by atoms with Gasteiger partial charge in [-0.2, -0.15) is 0 Å². The number of rotatable bonds is 15. The number of halogens is 1. The van der Waals surface area contributed by atoms with Gasteiger partial charge in [-0.15, -0.1) is 0 Å². The van der Waals surface area contributed by atoms with E-state index in [1.54, 1.807) is 29.7 Å². The molecule has 2 bridgehead atoms. The largest absolute Gasteiger partial charge is 0.464 e. The lowest BCUT2D eigenvalue weighted by molar-refractivity contribution is -0.154. The van der Waals surface area contributed by atoms with Crippen molar-refractivity contribution in [2.45, 2.75) is 146 Å². The van der Waals surface area contributed by atoms with E-state index in [2.05, 4.69) is 37.5 Å². The van der Waals surface area contributed by atoms with Crippen LogP contribution in [0.4, 0.5) is 0 Å². The monoisotopic (exact) mass is 825 g/mol. The molecule has 284 valence electrons. The number of hydrogen-bond donors (Lipinski definition) is 2. The van der Waals surface area contributed by atoms with Crippen molar-refractivity contribution in [1.82, 2.24) is 15.5 Å². The zero-order valence-electron chi connectivity index (χ0n) is 30.7. The molecule has 2 N–H and O–H groups in total. The van der Waals surface area contributed by atoms with Crippen molar-refractivity contribution in [2.24, 2.45) is 16.7 Å². The third-order valence-electron chi connectivity index (χ3n) is 13.1. The molecule has 0 aromatic rings. The topological polar surface area (TPSA) is 156 Å². The lowest BCUT2D eigenvalue weighted by Gasteiger charge is -2.52. The number of carbonyl (C=O) groups excluding carboxylic acids is 5. The van der Waals surface area contributed by atoms with Gasteiger partial charge in [-0.1, -0.05) is 11.6 Å². The van der Waals surface area contributed by atoms with Gasteiger partial charge in [0.25, 0.3) is 0 Å². The lowest BCUT2D eigenvalue weighted by atomic mass is 9.53. The Hall–Kier alpha value is -2.10. The third-order valence-corrected chi connectivity index (χ3v) is 13.6. The van der Waals surface area contributed by atoms with Gasteiger partial charge in [-0.05, 0) is 120 Å². The highest BCUT2D eigenvalue weighted by Gasteiger charge is 2.72. The van der Waals surface area contributed by atoms with Gasteiger partial charge in [0.15, 0.2) is 3.79 Å². The van der Waals surface area contributed by atoms with E-state index in [1.165, 1.54) is 10.5 Å². The van der Waals surface area contributed by atoms with Crippen LogP contribution in [0, 0.1) is 16.7 Å². The number of fused-ring (bicyclic) bond motifs is 3. The van der Waals surface area contributed by atoms with Crippen molar-refractivity contribution in [1.29, 1.82) is 0 Å². The van der Waals surface area contributed by atoms with Crippen LogP contribution in [0.3, 0.4) is 0 Å². The average molecular weight is 826 g/mol. The van der Waals surface area contributed by atoms with E-state index in [0.717, 1.165) is 25.7 Å². The molecule has 7 fully saturated rings. The highest BCUT2D eigenvalue weighted by molar-refractivity contribution is 14.1. The van der Waals surface area contributed by atoms with Crippen molar-refractivity contribution >= 4 is 50.1 Å². The zero-order chi connectivity index (χ0) is 36.6. The third kappa shape index (κ3) is 7.92. The first-order chi connectivity index (χ1) is 24.3. The summed E-state index contributed by atoms with van der Waals surface area (Å²) in [6, 6.07) is -0.738. The number of nitrogens with zero attached hydrogens (tertiary/aromatic N) is 1. The minimum atomic E-state index is -0.610. The van der Waals surface area contributed by atoms with Gasteiger partial charge >= 0.3 is 5.97 Å². The first kappa shape index (κ1) is 38.6. The summed E-state index contributed by atoms with van der Waals surface area (Å²) in [6.07, 6.45) is 10.7. The van der Waals surface area contributed by atoms with E-state index in [1.807, 2.05) is 0 Å². The van der Waals surface area contributed by atoms with Crippen molar-refractivity contribution in [3.05, 3.63) is 11.6 Å². The van der Waals surface area contributed by atoms with Crippen LogP contribution in [-0.2, 0) is 42.9 Å². The summed E-state index contributed by atoms with van der Waals surface area (Å²) in [6.45, 7) is 8.11. The van der Waals surface area contributed by atoms with E-state index >= 15 is 0 Å². The van der Waals surface area contributed by atoms with E-state index in [-0.39, 0.29) is 76.3 Å². The minimum absolute atomic E-state index is 0.0181. The van der Waals surface area contributed by atoms with Gasteiger partial charge in [0, 0.05) is 49.8 Å². The minimum Gasteiger partial charge on any atom is -0.464 e. The maximum Gasteiger partial charge on any atom is 0.328 e. The summed E-state index contributed by atoms with van der Waals surface area (Å²) >= 11 is 1.67. The Kier molecular flexibility index (Phi) is 11.6. The van der Waals surface area contributed by atoms with Gasteiger partial charge in [-0.3, -0.25) is 19.2 Å². The molecule has 7 aliphatic rings. The van der Waals surface area contributed by atoms with Crippen LogP contribution in [-0.4, -0.2) is 101 Å². The Morgan fingerprint density at radius 2 is 1.63 bits per heavy atom. The molecule has 7 rings (SSSR count). The fraction of sp³-hybridized carbons (Fsp3) is 0.816. The zero-order valence-corrected chi connectivity index (χ0v) is 32.8. The molecule has 12 nitrogen and oxygen atoms in total. The summed E-state index contributed by atoms with van der Waals surface area (Å²) in [5.41, 5.74) is -0.269. The average Bonchev–Trinajstić information content (AvgIpc) is 3.97. The second-order valence-corrected chi connectivity index (χ2v) is 17.6. The Labute approximate surface area is 315 Å². The second-order valence-electron chi connectivity index (χ2n) is 16.4. The smallest absolute Gasteiger partial charge is 0.328 e. The van der Waals surface area contributed by atoms with Crippen LogP contribution < -0.4 is 10.6 Å². The van der Waals surface area contributed by atoms with Gasteiger partial charge in [0.1, 0.15) is 11.6 Å². The molecule has 0 radical (unpaired) electrons. The first-order valence-electron chi connectivity index (χ1n) is 19.0. The Morgan fingerprint density at radius 3 is 2.24 bits per heavy atom. The van der Waals surface area contributed by atoms with Crippen molar-refractivity contribution in [3.63, 3.8) is 0 Å². The summed E-state index contributed by atoms with van der Waals surface area (Å²) in [5, 5.41) is 6.51. The van der Waals surface area contributed by atoms with Crippen LogP contribution in [0.25, 0.3) is 0 Å². The van der Waals surface area contributed by atoms with Crippen molar-refractivity contribution in [3.8, 4) is 0 Å². The molecule has 4 saturated carbocycles. The number of esters is 1. The summed E-state index contributed by atoms with van der Waals surface area (Å²) < 4.78 is 24.0. The summed E-state index contributed by atoms with van der Waals surface area (Å²) in [4.78, 5) is 65.5. The quantitative estimate of drug-likeness (QED) is 0.0614. The predicted molar refractivity (Wildman–Crippen MR) is 196 cm³/mol. The lowest BCUT2D eigenvalue weighted by Crippen LogP contribution is -2.62. The maximum atomic E-state index is 14.1. The molecule has 51 heavy (non-hydrogen) atoms. The molecule has 0 aromatic carbocycles. The Bertz CT molecular complexity index is 1390. The fourth-order valence-corrected chi connectivity index (χ4v) is 9.99. The van der Waals surface area contributed by atoms with Crippen LogP contribution in [0.1, 0.15) is 111 Å². The SMILES string of the molecule is CO[C@@H]1[C@H](NC(=O)C23CCC(C(=O)NCCCOC(=O)[C@H]4CCCN4C(=O)CCC(=O)I)(CC2)CC3)CC[C@]2(CO2)[C@H]1[C@@]1(C)O[C@@H]1CC=C(C)C. The molecule has 0 aromatic heterocycles. The molecular weight excluding hydrogens is 769 g/mol. The van der Waals surface area contributed by atoms with E-state index in [0.29, 0.717) is 71.1 Å². The molecule has 1 spiro atoms. The van der Waals surface area contributed by atoms with E-state index < -0.39 is 22.8 Å². The van der Waals surface area contributed by atoms with Crippen molar-refractivity contribution in [2.75, 3.05) is 33.4 Å². The molecule has 3 saturated heterocycles. The highest BCUT2D eigenvalue weighted by atomic mass is 127. The molecule has 7 atom stereocenters. The molecule has 3 amide bonds. The number of hydrogen-bond acceptors (Lipinski definition) is 9. The summed E-state index contributed by atoms with van der Waals surface area (Å²) in [7, 11) is 1.73. The van der Waals surface area contributed by atoms with E-state index in [4.69, 9.17) is 18.9 Å². The normalized spacial score (nSPS) is 37.8. The van der Waals surface area contributed by atoms with Gasteiger partial charge in [-0.25, -0.2) is 4.79 Å². The number of carbonyl (C=O) groups is 5. The number of epoxide rings is 2. The molecular formula is C38H56IN3O9. The number of ether oxygens (including phenoxy) is 4. The number of nitrogens with one attached hydrogen (secondary N) is 2. The summed E-state index contributed by atoms with van der Waals surface area (Å²) in [5.74, 6) is -0.493. The molecule has 3 aliphatic heterocycles. The van der Waals surface area contributed by atoms with Crippen LogP contribution in [0.2, 0.25) is 0 Å². The predicted octanol–water partition coefficient (Wildman–Crippen LogP) is 4.30. The second kappa shape index (κ2) is 15.3. The van der Waals surface area contributed by atoms with Crippen LogP contribution >= 0.6 is 22.6 Å². The Morgan fingerprint density at radius 1 is 0.961 bits per heavy atom.